The molecule has 0 saturated heterocycles. The van der Waals surface area contributed by atoms with Gasteiger partial charge in [-0.3, -0.25) is 0 Å². The number of hydrogen-bond donors (Lipinski definition) is 1. The summed E-state index contributed by atoms with van der Waals surface area (Å²) < 4.78 is 2.02. The highest BCUT2D eigenvalue weighted by Gasteiger charge is 2.22. The van der Waals surface area contributed by atoms with Gasteiger partial charge in [0.25, 0.3) is 0 Å². The molecule has 72 valence electrons. The van der Waals surface area contributed by atoms with Crippen LogP contribution in [0, 0.1) is 0 Å². The van der Waals surface area contributed by atoms with Crippen LogP contribution in [0.4, 0.5) is 5.82 Å². The molecule has 1 aliphatic carbocycles. The average molecular weight is 179 g/mol. The summed E-state index contributed by atoms with van der Waals surface area (Å²) in [5.41, 5.74) is 7.13. The van der Waals surface area contributed by atoms with Crippen LogP contribution >= 0.6 is 0 Å². The number of anilines is 1. The second kappa shape index (κ2) is 3.40. The first-order valence-corrected chi connectivity index (χ1v) is 5.13. The Hall–Kier alpha value is -0.990. The van der Waals surface area contributed by atoms with Gasteiger partial charge in [0, 0.05) is 12.5 Å². The first kappa shape index (κ1) is 8.60. The molecule has 1 fully saturated rings. The van der Waals surface area contributed by atoms with E-state index in [1.165, 1.54) is 25.7 Å². The number of aryl methyl sites for hydroxylation is 1. The Morgan fingerprint density at radius 2 is 2.23 bits per heavy atom. The lowest BCUT2D eigenvalue weighted by Crippen LogP contribution is -2.03. The number of imidazole rings is 1. The zero-order valence-electron chi connectivity index (χ0n) is 8.16. The molecule has 0 spiro atoms. The third kappa shape index (κ3) is 1.43. The lowest BCUT2D eigenvalue weighted by atomic mass is 10.0. The molecule has 1 aliphatic rings. The Bertz CT molecular complexity index is 284. The zero-order valence-corrected chi connectivity index (χ0v) is 8.16. The van der Waals surface area contributed by atoms with E-state index in [0.29, 0.717) is 5.92 Å². The molecule has 3 nitrogen and oxygen atoms in total. The summed E-state index contributed by atoms with van der Waals surface area (Å²) in [6.07, 6.45) is 7.07. The SMILES string of the molecule is CCn1cnc(C2CCCC2)c1N. The van der Waals surface area contributed by atoms with E-state index in [-0.39, 0.29) is 0 Å². The van der Waals surface area contributed by atoms with Gasteiger partial charge in [-0.2, -0.15) is 0 Å². The Morgan fingerprint density at radius 1 is 1.54 bits per heavy atom. The highest BCUT2D eigenvalue weighted by atomic mass is 15.1. The molecule has 13 heavy (non-hydrogen) atoms. The summed E-state index contributed by atoms with van der Waals surface area (Å²) in [5, 5.41) is 0. The monoisotopic (exact) mass is 179 g/mol. The first-order chi connectivity index (χ1) is 6.33. The van der Waals surface area contributed by atoms with Gasteiger partial charge >= 0.3 is 0 Å². The van der Waals surface area contributed by atoms with E-state index in [1.54, 1.807) is 0 Å². The maximum absolute atomic E-state index is 5.99. The van der Waals surface area contributed by atoms with Gasteiger partial charge in [0.15, 0.2) is 0 Å². The van der Waals surface area contributed by atoms with Gasteiger partial charge in [-0.05, 0) is 19.8 Å². The van der Waals surface area contributed by atoms with Crippen molar-refractivity contribution >= 4 is 5.82 Å². The summed E-state index contributed by atoms with van der Waals surface area (Å²) in [6.45, 7) is 3.02. The minimum absolute atomic E-state index is 0.632. The molecule has 0 unspecified atom stereocenters. The minimum Gasteiger partial charge on any atom is -0.384 e. The van der Waals surface area contributed by atoms with Gasteiger partial charge in [0.05, 0.1) is 12.0 Å². The third-order valence-corrected chi connectivity index (χ3v) is 2.99. The van der Waals surface area contributed by atoms with Crippen LogP contribution in [0.15, 0.2) is 6.33 Å². The molecular formula is C10H17N3. The fraction of sp³-hybridized carbons (Fsp3) is 0.700. The molecule has 0 atom stereocenters. The fourth-order valence-electron chi connectivity index (χ4n) is 2.17. The van der Waals surface area contributed by atoms with E-state index in [9.17, 15) is 0 Å². The molecule has 0 amide bonds. The number of nitrogens with zero attached hydrogens (tertiary/aromatic N) is 2. The zero-order chi connectivity index (χ0) is 9.26. The molecule has 3 heteroatoms. The van der Waals surface area contributed by atoms with Crippen LogP contribution in [-0.4, -0.2) is 9.55 Å². The third-order valence-electron chi connectivity index (χ3n) is 2.99. The average Bonchev–Trinajstić information content (AvgIpc) is 2.72. The van der Waals surface area contributed by atoms with Gasteiger partial charge in [0.1, 0.15) is 5.82 Å². The predicted octanol–water partition coefficient (Wildman–Crippen LogP) is 2.14. The maximum Gasteiger partial charge on any atom is 0.126 e. The molecule has 1 heterocycles. The van der Waals surface area contributed by atoms with Crippen molar-refractivity contribution in [3.63, 3.8) is 0 Å². The van der Waals surface area contributed by atoms with E-state index in [1.807, 2.05) is 10.9 Å². The second-order valence-corrected chi connectivity index (χ2v) is 3.78. The molecule has 1 aromatic rings. The Labute approximate surface area is 79.0 Å². The molecular weight excluding hydrogens is 162 g/mol. The van der Waals surface area contributed by atoms with Gasteiger partial charge in [0.2, 0.25) is 0 Å². The van der Waals surface area contributed by atoms with Crippen molar-refractivity contribution in [1.29, 1.82) is 0 Å². The number of nitrogens with two attached hydrogens (primary N) is 1. The van der Waals surface area contributed by atoms with E-state index < -0.39 is 0 Å². The Kier molecular flexibility index (Phi) is 2.25. The molecule has 0 bridgehead atoms. The van der Waals surface area contributed by atoms with Gasteiger partial charge < -0.3 is 10.3 Å². The molecule has 1 saturated carbocycles. The van der Waals surface area contributed by atoms with Crippen molar-refractivity contribution in [2.75, 3.05) is 5.73 Å². The molecule has 2 N–H and O–H groups in total. The van der Waals surface area contributed by atoms with E-state index in [2.05, 4.69) is 11.9 Å². The standard InChI is InChI=1S/C10H17N3/c1-2-13-7-12-9(10(13)11)8-5-3-4-6-8/h7-8H,2-6,11H2,1H3. The number of aromatic nitrogens is 2. The highest BCUT2D eigenvalue weighted by Crippen LogP contribution is 2.35. The van der Waals surface area contributed by atoms with Crippen LogP contribution in [0.3, 0.4) is 0 Å². The molecule has 0 radical (unpaired) electrons. The summed E-state index contributed by atoms with van der Waals surface area (Å²) in [6, 6.07) is 0. The smallest absolute Gasteiger partial charge is 0.126 e. The van der Waals surface area contributed by atoms with Crippen molar-refractivity contribution in [2.45, 2.75) is 45.1 Å². The normalized spacial score (nSPS) is 18.2. The number of rotatable bonds is 2. The van der Waals surface area contributed by atoms with Crippen molar-refractivity contribution in [3.8, 4) is 0 Å². The molecule has 1 aromatic heterocycles. The van der Waals surface area contributed by atoms with Crippen LogP contribution < -0.4 is 5.73 Å². The van der Waals surface area contributed by atoms with Crippen molar-refractivity contribution in [2.24, 2.45) is 0 Å². The van der Waals surface area contributed by atoms with Gasteiger partial charge in [-0.25, -0.2) is 4.98 Å². The first-order valence-electron chi connectivity index (χ1n) is 5.13. The van der Waals surface area contributed by atoms with Crippen LogP contribution in [0.1, 0.15) is 44.2 Å². The van der Waals surface area contributed by atoms with Crippen molar-refractivity contribution in [3.05, 3.63) is 12.0 Å². The number of nitrogen functional groups attached to an aromatic ring is 1. The van der Waals surface area contributed by atoms with Crippen LogP contribution in [0.5, 0.6) is 0 Å². The molecule has 2 rings (SSSR count). The topological polar surface area (TPSA) is 43.8 Å². The van der Waals surface area contributed by atoms with Gasteiger partial charge in [-0.15, -0.1) is 0 Å². The quantitative estimate of drug-likeness (QED) is 0.756. The van der Waals surface area contributed by atoms with Crippen molar-refractivity contribution in [1.82, 2.24) is 9.55 Å². The second-order valence-electron chi connectivity index (χ2n) is 3.78. The summed E-state index contributed by atoms with van der Waals surface area (Å²) >= 11 is 0. The van der Waals surface area contributed by atoms with Crippen LogP contribution in [0.2, 0.25) is 0 Å². The van der Waals surface area contributed by atoms with Crippen LogP contribution in [0.25, 0.3) is 0 Å². The predicted molar refractivity (Wildman–Crippen MR) is 53.5 cm³/mol. The Balaban J connectivity index is 2.24. The molecule has 0 aromatic carbocycles. The van der Waals surface area contributed by atoms with E-state index >= 15 is 0 Å². The fourth-order valence-corrected chi connectivity index (χ4v) is 2.17. The van der Waals surface area contributed by atoms with Crippen molar-refractivity contribution < 1.29 is 0 Å². The van der Waals surface area contributed by atoms with E-state index in [0.717, 1.165) is 18.1 Å². The minimum atomic E-state index is 0.632. The van der Waals surface area contributed by atoms with Crippen LogP contribution in [-0.2, 0) is 6.54 Å². The summed E-state index contributed by atoms with van der Waals surface area (Å²) in [7, 11) is 0. The largest absolute Gasteiger partial charge is 0.384 e. The summed E-state index contributed by atoms with van der Waals surface area (Å²) in [5.74, 6) is 1.52. The van der Waals surface area contributed by atoms with Gasteiger partial charge in [-0.1, -0.05) is 12.8 Å². The maximum atomic E-state index is 5.99. The lowest BCUT2D eigenvalue weighted by molar-refractivity contribution is 0.702. The number of hydrogen-bond acceptors (Lipinski definition) is 2. The Morgan fingerprint density at radius 3 is 2.77 bits per heavy atom. The summed E-state index contributed by atoms with van der Waals surface area (Å²) in [4.78, 5) is 4.41. The van der Waals surface area contributed by atoms with E-state index in [4.69, 9.17) is 5.73 Å². The highest BCUT2D eigenvalue weighted by molar-refractivity contribution is 5.38. The molecule has 0 aliphatic heterocycles. The lowest BCUT2D eigenvalue weighted by Gasteiger charge is -2.07.